The Morgan fingerprint density at radius 2 is 1.22 bits per heavy atom. The van der Waals surface area contributed by atoms with Gasteiger partial charge in [0, 0.05) is 6.20 Å². The van der Waals surface area contributed by atoms with Gasteiger partial charge in [0.2, 0.25) is 0 Å². The predicted octanol–water partition coefficient (Wildman–Crippen LogP) is 5.50. The molecule has 0 atom stereocenters. The number of halogens is 2. The van der Waals surface area contributed by atoms with Crippen molar-refractivity contribution >= 4 is 28.9 Å². The van der Waals surface area contributed by atoms with Crippen molar-refractivity contribution < 1.29 is 0 Å². The van der Waals surface area contributed by atoms with Gasteiger partial charge in [-0.3, -0.25) is 4.98 Å². The molecule has 116 valence electrons. The van der Waals surface area contributed by atoms with Crippen molar-refractivity contribution in [2.24, 2.45) is 0 Å². The fourth-order valence-corrected chi connectivity index (χ4v) is 6.99. The van der Waals surface area contributed by atoms with Gasteiger partial charge < -0.3 is 0 Å². The maximum Gasteiger partial charge on any atom is 0.268 e. The Labute approximate surface area is 147 Å². The summed E-state index contributed by atoms with van der Waals surface area (Å²) in [6, 6.07) is 26.3. The Bertz CT molecular complexity index is 659. The molecule has 4 heteroatoms. The summed E-state index contributed by atoms with van der Waals surface area (Å²) in [5, 5.41) is -0.625. The van der Waals surface area contributed by atoms with Gasteiger partial charge in [-0.1, -0.05) is 66.7 Å². The molecular formula is C19H17Cl2NSi. The highest BCUT2D eigenvalue weighted by Crippen LogP contribution is 2.48. The van der Waals surface area contributed by atoms with Crippen LogP contribution in [0.25, 0.3) is 0 Å². The number of aromatic nitrogens is 1. The molecule has 0 N–H and O–H groups in total. The van der Waals surface area contributed by atoms with Crippen LogP contribution < -0.4 is 0 Å². The molecule has 23 heavy (non-hydrogen) atoms. The van der Waals surface area contributed by atoms with E-state index in [-0.39, 0.29) is 0 Å². The molecular weight excluding hydrogens is 341 g/mol. The third-order valence-corrected chi connectivity index (χ3v) is 7.97. The minimum atomic E-state index is -2.78. The first-order chi connectivity index (χ1) is 11.1. The van der Waals surface area contributed by atoms with Crippen LogP contribution in [0.2, 0.25) is 6.55 Å². The summed E-state index contributed by atoms with van der Waals surface area (Å²) in [5.74, 6) is 0. The topological polar surface area (TPSA) is 12.9 Å². The highest BCUT2D eigenvalue weighted by Gasteiger charge is 2.53. The fraction of sp³-hybridized carbons (Fsp3) is 0.105. The van der Waals surface area contributed by atoms with Gasteiger partial charge in [-0.05, 0) is 29.8 Å². The summed E-state index contributed by atoms with van der Waals surface area (Å²) in [4.78, 5) is 4.64. The lowest BCUT2D eigenvalue weighted by Gasteiger charge is -2.40. The second-order valence-corrected chi connectivity index (χ2v) is 13.2. The standard InChI is InChI=1S/C19H17Cl2NSi/c1-23(20,21)19(16-10-4-2-5-11-16,17-12-6-3-7-13-17)18-14-8-9-15-22-18/h2-15H,1H3. The molecule has 0 amide bonds. The second-order valence-electron chi connectivity index (χ2n) is 5.59. The van der Waals surface area contributed by atoms with Crippen molar-refractivity contribution in [3.8, 4) is 0 Å². The minimum Gasteiger partial charge on any atom is -0.260 e. The summed E-state index contributed by atoms with van der Waals surface area (Å²) in [6.45, 7) is -0.814. The van der Waals surface area contributed by atoms with Crippen molar-refractivity contribution in [1.29, 1.82) is 0 Å². The Morgan fingerprint density at radius 3 is 1.61 bits per heavy atom. The number of pyridine rings is 1. The van der Waals surface area contributed by atoms with Crippen LogP contribution >= 0.6 is 22.2 Å². The van der Waals surface area contributed by atoms with Crippen LogP contribution in [0, 0.1) is 0 Å². The van der Waals surface area contributed by atoms with Crippen molar-refractivity contribution in [3.63, 3.8) is 0 Å². The van der Waals surface area contributed by atoms with Gasteiger partial charge in [-0.2, -0.15) is 0 Å². The summed E-state index contributed by atoms with van der Waals surface area (Å²) in [5.41, 5.74) is 3.03. The number of nitrogens with zero attached hydrogens (tertiary/aromatic N) is 1. The fourth-order valence-electron chi connectivity index (χ4n) is 3.16. The quantitative estimate of drug-likeness (QED) is 0.443. The smallest absolute Gasteiger partial charge is 0.260 e. The number of hydrogen-bond acceptors (Lipinski definition) is 1. The van der Waals surface area contributed by atoms with Crippen molar-refractivity contribution in [1.82, 2.24) is 4.98 Å². The lowest BCUT2D eigenvalue weighted by Crippen LogP contribution is -2.48. The molecule has 0 saturated heterocycles. The van der Waals surface area contributed by atoms with Crippen LogP contribution in [0.1, 0.15) is 16.8 Å². The molecule has 3 aromatic rings. The average Bonchev–Trinajstić information content (AvgIpc) is 2.57. The normalized spacial score (nSPS) is 12.1. The largest absolute Gasteiger partial charge is 0.268 e. The van der Waals surface area contributed by atoms with E-state index >= 15 is 0 Å². The third-order valence-electron chi connectivity index (χ3n) is 4.12. The van der Waals surface area contributed by atoms with Gasteiger partial charge >= 0.3 is 0 Å². The van der Waals surface area contributed by atoms with E-state index in [1.165, 1.54) is 0 Å². The summed E-state index contributed by atoms with van der Waals surface area (Å²) in [6.07, 6.45) is 1.80. The lowest BCUT2D eigenvalue weighted by atomic mass is 9.86. The van der Waals surface area contributed by atoms with Crippen LogP contribution in [0.5, 0.6) is 0 Å². The third kappa shape index (κ3) is 2.83. The number of rotatable bonds is 4. The zero-order valence-corrected chi connectivity index (χ0v) is 15.3. The van der Waals surface area contributed by atoms with E-state index < -0.39 is 11.7 Å². The highest BCUT2D eigenvalue weighted by atomic mass is 35.7. The molecule has 0 bridgehead atoms. The van der Waals surface area contributed by atoms with Gasteiger partial charge in [0.1, 0.15) is 0 Å². The molecule has 0 radical (unpaired) electrons. The summed E-state index contributed by atoms with van der Waals surface area (Å²) < 4.78 is 0. The Hall–Kier alpha value is -1.61. The van der Waals surface area contributed by atoms with E-state index in [9.17, 15) is 0 Å². The minimum absolute atomic E-state index is 0.625. The predicted molar refractivity (Wildman–Crippen MR) is 100 cm³/mol. The molecule has 2 aromatic carbocycles. The van der Waals surface area contributed by atoms with Crippen molar-refractivity contribution in [2.45, 2.75) is 11.6 Å². The zero-order chi connectivity index (χ0) is 16.3. The van der Waals surface area contributed by atoms with Crippen LogP contribution in [0.3, 0.4) is 0 Å². The van der Waals surface area contributed by atoms with Gasteiger partial charge in [-0.25, -0.2) is 0 Å². The first kappa shape index (κ1) is 16.3. The number of hydrogen-bond donors (Lipinski definition) is 0. The van der Waals surface area contributed by atoms with Crippen LogP contribution in [-0.4, -0.2) is 11.7 Å². The Morgan fingerprint density at radius 1 is 0.739 bits per heavy atom. The first-order valence-electron chi connectivity index (χ1n) is 7.47. The van der Waals surface area contributed by atoms with E-state index in [1.807, 2.05) is 61.1 Å². The van der Waals surface area contributed by atoms with E-state index in [0.29, 0.717) is 0 Å². The Kier molecular flexibility index (Phi) is 4.58. The van der Waals surface area contributed by atoms with Crippen LogP contribution in [-0.2, 0) is 5.04 Å². The highest BCUT2D eigenvalue weighted by molar-refractivity contribution is 7.46. The SMILES string of the molecule is C[Si](Cl)(Cl)C(c1ccccc1)(c1ccccc1)c1ccccn1. The average molecular weight is 358 g/mol. The lowest BCUT2D eigenvalue weighted by molar-refractivity contribution is 0.811. The van der Waals surface area contributed by atoms with Crippen molar-refractivity contribution in [2.75, 3.05) is 0 Å². The molecule has 0 fully saturated rings. The molecule has 0 spiro atoms. The zero-order valence-electron chi connectivity index (χ0n) is 12.8. The summed E-state index contributed by atoms with van der Waals surface area (Å²) in [7, 11) is 0. The molecule has 1 nitrogen and oxygen atoms in total. The van der Waals surface area contributed by atoms with Crippen molar-refractivity contribution in [3.05, 3.63) is 102 Å². The van der Waals surface area contributed by atoms with Gasteiger partial charge in [-0.15, -0.1) is 22.2 Å². The van der Waals surface area contributed by atoms with Crippen LogP contribution in [0.4, 0.5) is 0 Å². The molecule has 0 saturated carbocycles. The van der Waals surface area contributed by atoms with Gasteiger partial charge in [0.15, 0.2) is 0 Å². The monoisotopic (exact) mass is 357 g/mol. The van der Waals surface area contributed by atoms with Crippen LogP contribution in [0.15, 0.2) is 85.1 Å². The molecule has 3 rings (SSSR count). The molecule has 0 aliphatic rings. The van der Waals surface area contributed by atoms with E-state index in [0.717, 1.165) is 16.8 Å². The summed E-state index contributed by atoms with van der Waals surface area (Å²) >= 11 is 13.8. The Balaban J connectivity index is 2.41. The molecule has 1 aromatic heterocycles. The van der Waals surface area contributed by atoms with E-state index in [4.69, 9.17) is 22.2 Å². The van der Waals surface area contributed by atoms with Gasteiger partial charge in [0.25, 0.3) is 6.69 Å². The molecule has 0 unspecified atom stereocenters. The molecule has 0 aliphatic heterocycles. The van der Waals surface area contributed by atoms with Gasteiger partial charge in [0.05, 0.1) is 10.7 Å². The molecule has 0 aliphatic carbocycles. The second kappa shape index (κ2) is 6.48. The molecule has 1 heterocycles. The maximum absolute atomic E-state index is 6.92. The van der Waals surface area contributed by atoms with E-state index in [2.05, 4.69) is 29.2 Å². The number of benzene rings is 2. The maximum atomic E-state index is 6.92. The van der Waals surface area contributed by atoms with E-state index in [1.54, 1.807) is 6.20 Å². The first-order valence-corrected chi connectivity index (χ1v) is 12.0.